The number of piperazine rings is 1. The monoisotopic (exact) mass is 482 g/mol. The maximum Gasteiger partial charge on any atom is 0.253 e. The zero-order chi connectivity index (χ0) is 23.9. The lowest BCUT2D eigenvalue weighted by Gasteiger charge is -2.35. The molecule has 3 aromatic carbocycles. The van der Waals surface area contributed by atoms with Crippen molar-refractivity contribution in [3.8, 4) is 11.4 Å². The molecule has 0 atom stereocenters. The molecule has 1 fully saturated rings. The summed E-state index contributed by atoms with van der Waals surface area (Å²) in [5, 5.41) is 10.7. The molecule has 3 heterocycles. The molecular weight excluding hydrogens is 460 g/mol. The van der Waals surface area contributed by atoms with E-state index in [0.29, 0.717) is 36.8 Å². The molecular formula is C27H23ClN6O. The number of anilines is 1. The van der Waals surface area contributed by atoms with Gasteiger partial charge >= 0.3 is 0 Å². The van der Waals surface area contributed by atoms with E-state index in [2.05, 4.69) is 34.2 Å². The van der Waals surface area contributed by atoms with Crippen LogP contribution in [0.15, 0.2) is 72.8 Å². The number of carbonyl (C=O) groups is 1. The summed E-state index contributed by atoms with van der Waals surface area (Å²) in [7, 11) is 0. The number of carbonyl (C=O) groups excluding carboxylic acids is 1. The number of para-hydroxylation sites is 1. The summed E-state index contributed by atoms with van der Waals surface area (Å²) in [6.45, 7) is 4.58. The smallest absolute Gasteiger partial charge is 0.253 e. The second-order valence-electron chi connectivity index (χ2n) is 8.77. The molecule has 1 aliphatic rings. The van der Waals surface area contributed by atoms with Crippen LogP contribution in [0.3, 0.4) is 0 Å². The molecule has 1 aliphatic heterocycles. The van der Waals surface area contributed by atoms with Crippen molar-refractivity contribution in [2.24, 2.45) is 0 Å². The number of benzene rings is 3. The number of fused-ring (bicyclic) bond motifs is 3. The van der Waals surface area contributed by atoms with E-state index in [9.17, 15) is 4.79 Å². The van der Waals surface area contributed by atoms with E-state index in [4.69, 9.17) is 16.6 Å². The molecule has 174 valence electrons. The highest BCUT2D eigenvalue weighted by atomic mass is 35.5. The summed E-state index contributed by atoms with van der Waals surface area (Å²) >= 11 is 5.98. The van der Waals surface area contributed by atoms with Crippen LogP contribution in [-0.4, -0.2) is 56.6 Å². The number of nitrogens with zero attached hydrogens (tertiary/aromatic N) is 6. The maximum absolute atomic E-state index is 13.0. The maximum atomic E-state index is 13.0. The predicted molar refractivity (Wildman–Crippen MR) is 138 cm³/mol. The summed E-state index contributed by atoms with van der Waals surface area (Å²) in [5.41, 5.74) is 4.45. The molecule has 0 bridgehead atoms. The van der Waals surface area contributed by atoms with E-state index < -0.39 is 0 Å². The molecule has 35 heavy (non-hydrogen) atoms. The number of aryl methyl sites for hydroxylation is 1. The average molecular weight is 483 g/mol. The van der Waals surface area contributed by atoms with Gasteiger partial charge in [0.05, 0.1) is 5.52 Å². The summed E-state index contributed by atoms with van der Waals surface area (Å²) < 4.78 is 2.05. The van der Waals surface area contributed by atoms with Gasteiger partial charge in [-0.1, -0.05) is 47.5 Å². The van der Waals surface area contributed by atoms with Crippen molar-refractivity contribution in [1.29, 1.82) is 0 Å². The van der Waals surface area contributed by atoms with Crippen LogP contribution >= 0.6 is 11.6 Å². The Kier molecular flexibility index (Phi) is 5.34. The highest BCUT2D eigenvalue weighted by Crippen LogP contribution is 2.29. The van der Waals surface area contributed by atoms with Crippen LogP contribution in [0.25, 0.3) is 27.9 Å². The van der Waals surface area contributed by atoms with E-state index in [1.807, 2.05) is 45.7 Å². The normalized spacial score (nSPS) is 14.1. The Morgan fingerprint density at radius 1 is 0.886 bits per heavy atom. The summed E-state index contributed by atoms with van der Waals surface area (Å²) in [6.07, 6.45) is 0. The van der Waals surface area contributed by atoms with Gasteiger partial charge in [-0.05, 0) is 49.4 Å². The third-order valence-corrected chi connectivity index (χ3v) is 6.70. The minimum atomic E-state index is 0.0164. The van der Waals surface area contributed by atoms with E-state index in [1.165, 1.54) is 0 Å². The summed E-state index contributed by atoms with van der Waals surface area (Å²) in [6, 6.07) is 23.3. The van der Waals surface area contributed by atoms with E-state index in [0.717, 1.165) is 39.4 Å². The van der Waals surface area contributed by atoms with Crippen molar-refractivity contribution in [3.05, 3.63) is 88.9 Å². The summed E-state index contributed by atoms with van der Waals surface area (Å²) in [4.78, 5) is 22.1. The standard InChI is InChI=1S/C27H23ClN6O/c1-18-5-4-6-20(17-18)24-30-31-25-22-7-2-3-8-23(22)29-27(34(24)25)33-15-13-32(14-16-33)26(35)19-9-11-21(28)12-10-19/h2-12,17H,13-16H2,1H3. The second kappa shape index (κ2) is 8.67. The zero-order valence-electron chi connectivity index (χ0n) is 19.2. The molecule has 0 unspecified atom stereocenters. The SMILES string of the molecule is Cc1cccc(-c2nnc3c4ccccc4nc(N4CCN(C(=O)c5ccc(Cl)cc5)CC4)n23)c1. The van der Waals surface area contributed by atoms with Crippen LogP contribution in [0.5, 0.6) is 0 Å². The first-order valence-corrected chi connectivity index (χ1v) is 12.0. The topological polar surface area (TPSA) is 66.6 Å². The van der Waals surface area contributed by atoms with E-state index >= 15 is 0 Å². The lowest BCUT2D eigenvalue weighted by Crippen LogP contribution is -2.49. The molecule has 1 saturated heterocycles. The first kappa shape index (κ1) is 21.6. The molecule has 6 rings (SSSR count). The first-order valence-electron chi connectivity index (χ1n) is 11.6. The fraction of sp³-hybridized carbons (Fsp3) is 0.185. The molecule has 0 saturated carbocycles. The van der Waals surface area contributed by atoms with Gasteiger partial charge in [-0.25, -0.2) is 9.38 Å². The van der Waals surface area contributed by atoms with Gasteiger partial charge in [0.1, 0.15) is 0 Å². The predicted octanol–water partition coefficient (Wildman–Crippen LogP) is 4.87. The van der Waals surface area contributed by atoms with Gasteiger partial charge in [0.15, 0.2) is 11.5 Å². The highest BCUT2D eigenvalue weighted by molar-refractivity contribution is 6.30. The number of aromatic nitrogens is 4. The van der Waals surface area contributed by atoms with Gasteiger partial charge in [0, 0.05) is 47.7 Å². The molecule has 0 N–H and O–H groups in total. The summed E-state index contributed by atoms with van der Waals surface area (Å²) in [5.74, 6) is 1.57. The van der Waals surface area contributed by atoms with Crippen molar-refractivity contribution in [2.45, 2.75) is 6.92 Å². The molecule has 7 nitrogen and oxygen atoms in total. The van der Waals surface area contributed by atoms with E-state index in [1.54, 1.807) is 24.3 Å². The van der Waals surface area contributed by atoms with Crippen LogP contribution in [0.1, 0.15) is 15.9 Å². The van der Waals surface area contributed by atoms with Gasteiger partial charge in [-0.3, -0.25) is 4.79 Å². The van der Waals surface area contributed by atoms with Crippen molar-refractivity contribution < 1.29 is 4.79 Å². The van der Waals surface area contributed by atoms with Gasteiger partial charge < -0.3 is 9.80 Å². The fourth-order valence-electron chi connectivity index (χ4n) is 4.63. The van der Waals surface area contributed by atoms with Gasteiger partial charge in [0.25, 0.3) is 5.91 Å². The van der Waals surface area contributed by atoms with Gasteiger partial charge in [0.2, 0.25) is 5.95 Å². The quantitative estimate of drug-likeness (QED) is 0.367. The third-order valence-electron chi connectivity index (χ3n) is 6.45. The number of rotatable bonds is 3. The van der Waals surface area contributed by atoms with Crippen LogP contribution in [0.4, 0.5) is 5.95 Å². The Balaban J connectivity index is 1.38. The number of hydrogen-bond acceptors (Lipinski definition) is 5. The van der Waals surface area contributed by atoms with Crippen LogP contribution < -0.4 is 4.90 Å². The first-order chi connectivity index (χ1) is 17.1. The molecule has 0 spiro atoms. The zero-order valence-corrected chi connectivity index (χ0v) is 20.0. The average Bonchev–Trinajstić information content (AvgIpc) is 3.34. The fourth-order valence-corrected chi connectivity index (χ4v) is 4.76. The Morgan fingerprint density at radius 3 is 2.43 bits per heavy atom. The number of hydrogen-bond donors (Lipinski definition) is 0. The lowest BCUT2D eigenvalue weighted by atomic mass is 10.1. The lowest BCUT2D eigenvalue weighted by molar-refractivity contribution is 0.0746. The van der Waals surface area contributed by atoms with Crippen molar-refractivity contribution in [2.75, 3.05) is 31.1 Å². The molecule has 8 heteroatoms. The number of amides is 1. The Hall–Kier alpha value is -3.97. The minimum Gasteiger partial charge on any atom is -0.338 e. The largest absolute Gasteiger partial charge is 0.338 e. The Labute approximate surface area is 207 Å². The Bertz CT molecular complexity index is 1550. The molecule has 1 amide bonds. The molecule has 0 radical (unpaired) electrons. The second-order valence-corrected chi connectivity index (χ2v) is 9.20. The minimum absolute atomic E-state index is 0.0164. The van der Waals surface area contributed by atoms with Crippen LogP contribution in [-0.2, 0) is 0 Å². The number of halogens is 1. The Morgan fingerprint density at radius 2 is 1.66 bits per heavy atom. The highest BCUT2D eigenvalue weighted by Gasteiger charge is 2.26. The van der Waals surface area contributed by atoms with Crippen LogP contribution in [0.2, 0.25) is 5.02 Å². The van der Waals surface area contributed by atoms with E-state index in [-0.39, 0.29) is 5.91 Å². The van der Waals surface area contributed by atoms with Gasteiger partial charge in [-0.2, -0.15) is 0 Å². The van der Waals surface area contributed by atoms with Crippen molar-refractivity contribution in [3.63, 3.8) is 0 Å². The van der Waals surface area contributed by atoms with Crippen LogP contribution in [0, 0.1) is 6.92 Å². The van der Waals surface area contributed by atoms with Crippen molar-refractivity contribution in [1.82, 2.24) is 24.5 Å². The molecule has 2 aromatic heterocycles. The molecule has 0 aliphatic carbocycles. The van der Waals surface area contributed by atoms with Crippen molar-refractivity contribution >= 4 is 40.0 Å². The van der Waals surface area contributed by atoms with Gasteiger partial charge in [-0.15, -0.1) is 10.2 Å². The molecule has 5 aromatic rings. The third kappa shape index (κ3) is 3.88.